The minimum absolute atomic E-state index is 0.0541. The largest absolute Gasteiger partial charge is 0.464 e. The van der Waals surface area contributed by atoms with E-state index < -0.39 is 0 Å². The Balaban J connectivity index is 1.83. The minimum atomic E-state index is -0.0541. The normalized spacial score (nSPS) is 20.5. The summed E-state index contributed by atoms with van der Waals surface area (Å²) in [6.45, 7) is 3.85. The predicted molar refractivity (Wildman–Crippen MR) is 66.5 cm³/mol. The molecule has 3 nitrogen and oxygen atoms in total. The van der Waals surface area contributed by atoms with Crippen molar-refractivity contribution >= 4 is 5.91 Å². The highest BCUT2D eigenvalue weighted by molar-refractivity contribution is 5.76. The summed E-state index contributed by atoms with van der Waals surface area (Å²) in [7, 11) is 0. The van der Waals surface area contributed by atoms with Gasteiger partial charge in [-0.15, -0.1) is 0 Å². The molecule has 1 amide bonds. The van der Waals surface area contributed by atoms with Crippen LogP contribution in [0.2, 0.25) is 0 Å². The van der Waals surface area contributed by atoms with E-state index in [9.17, 15) is 4.79 Å². The fourth-order valence-corrected chi connectivity index (χ4v) is 2.16. The molecule has 3 heteroatoms. The Morgan fingerprint density at radius 1 is 1.59 bits per heavy atom. The average molecular weight is 233 g/mol. The maximum atomic E-state index is 11.8. The summed E-state index contributed by atoms with van der Waals surface area (Å²) >= 11 is 0. The van der Waals surface area contributed by atoms with Crippen LogP contribution in [0.5, 0.6) is 0 Å². The van der Waals surface area contributed by atoms with Gasteiger partial charge in [0.25, 0.3) is 0 Å². The van der Waals surface area contributed by atoms with Gasteiger partial charge in [-0.05, 0) is 44.7 Å². The first kappa shape index (κ1) is 12.0. The molecule has 0 fully saturated rings. The van der Waals surface area contributed by atoms with E-state index in [0.717, 1.165) is 24.4 Å². The molecule has 0 aliphatic heterocycles. The fraction of sp³-hybridized carbons (Fsp3) is 0.500. The maximum absolute atomic E-state index is 11.8. The van der Waals surface area contributed by atoms with Gasteiger partial charge >= 0.3 is 0 Å². The molecule has 2 atom stereocenters. The highest BCUT2D eigenvalue weighted by Crippen LogP contribution is 2.21. The topological polar surface area (TPSA) is 42.2 Å². The van der Waals surface area contributed by atoms with Crippen molar-refractivity contribution in [1.29, 1.82) is 0 Å². The van der Waals surface area contributed by atoms with E-state index in [4.69, 9.17) is 4.42 Å². The zero-order valence-electron chi connectivity index (χ0n) is 10.4. The van der Waals surface area contributed by atoms with Crippen LogP contribution >= 0.6 is 0 Å². The monoisotopic (exact) mass is 233 g/mol. The molecule has 1 aliphatic carbocycles. The lowest BCUT2D eigenvalue weighted by molar-refractivity contribution is -0.122. The molecule has 1 aromatic rings. The fourth-order valence-electron chi connectivity index (χ4n) is 2.16. The average Bonchev–Trinajstić information content (AvgIpc) is 2.89. The van der Waals surface area contributed by atoms with Crippen molar-refractivity contribution < 1.29 is 9.21 Å². The third-order valence-electron chi connectivity index (χ3n) is 3.13. The van der Waals surface area contributed by atoms with Gasteiger partial charge in [0.1, 0.15) is 11.5 Å². The van der Waals surface area contributed by atoms with Crippen LogP contribution in [0.4, 0.5) is 0 Å². The molecule has 0 radical (unpaired) electrons. The van der Waals surface area contributed by atoms with Crippen LogP contribution in [0.1, 0.15) is 43.7 Å². The number of carbonyl (C=O) groups excluding carboxylic acids is 1. The van der Waals surface area contributed by atoms with Gasteiger partial charge < -0.3 is 9.73 Å². The molecule has 1 aromatic heterocycles. The highest BCUT2D eigenvalue weighted by atomic mass is 16.3. The van der Waals surface area contributed by atoms with Crippen molar-refractivity contribution in [1.82, 2.24) is 5.32 Å². The zero-order chi connectivity index (χ0) is 12.3. The second-order valence-electron chi connectivity index (χ2n) is 4.71. The quantitative estimate of drug-likeness (QED) is 0.812. The molecular formula is C14H19NO2. The molecule has 1 aliphatic rings. The lowest BCUT2D eigenvalue weighted by Gasteiger charge is -2.13. The Labute approximate surface area is 102 Å². The lowest BCUT2D eigenvalue weighted by Crippen LogP contribution is -2.27. The molecule has 0 spiro atoms. The Bertz CT molecular complexity index is 420. The molecule has 2 rings (SSSR count). The summed E-state index contributed by atoms with van der Waals surface area (Å²) in [4.78, 5) is 11.8. The first-order chi connectivity index (χ1) is 8.15. The Hall–Kier alpha value is -1.51. The summed E-state index contributed by atoms with van der Waals surface area (Å²) in [5.74, 6) is 2.21. The second-order valence-corrected chi connectivity index (χ2v) is 4.71. The van der Waals surface area contributed by atoms with Crippen LogP contribution < -0.4 is 5.32 Å². The van der Waals surface area contributed by atoms with Gasteiger partial charge in [-0.1, -0.05) is 12.2 Å². The summed E-state index contributed by atoms with van der Waals surface area (Å²) in [5.41, 5.74) is 0. The van der Waals surface area contributed by atoms with Gasteiger partial charge in [-0.25, -0.2) is 0 Å². The maximum Gasteiger partial charge on any atom is 0.221 e. The van der Waals surface area contributed by atoms with E-state index in [2.05, 4.69) is 17.5 Å². The van der Waals surface area contributed by atoms with Crippen LogP contribution in [0.3, 0.4) is 0 Å². The molecular weight excluding hydrogens is 214 g/mol. The first-order valence-corrected chi connectivity index (χ1v) is 6.17. The van der Waals surface area contributed by atoms with E-state index in [0.29, 0.717) is 12.3 Å². The first-order valence-electron chi connectivity index (χ1n) is 6.17. The number of carbonyl (C=O) groups is 1. The Morgan fingerprint density at radius 3 is 3.00 bits per heavy atom. The van der Waals surface area contributed by atoms with Crippen molar-refractivity contribution in [3.63, 3.8) is 0 Å². The molecule has 0 aromatic carbocycles. The number of amides is 1. The van der Waals surface area contributed by atoms with Crippen molar-refractivity contribution in [3.05, 3.63) is 35.8 Å². The van der Waals surface area contributed by atoms with Crippen LogP contribution in [-0.4, -0.2) is 5.91 Å². The molecule has 1 heterocycles. The molecule has 0 bridgehead atoms. The summed E-state index contributed by atoms with van der Waals surface area (Å²) < 4.78 is 5.49. The van der Waals surface area contributed by atoms with Gasteiger partial charge in [0.05, 0.1) is 6.04 Å². The lowest BCUT2D eigenvalue weighted by atomic mass is 10.0. The van der Waals surface area contributed by atoms with Gasteiger partial charge in [0.2, 0.25) is 5.91 Å². The van der Waals surface area contributed by atoms with E-state index in [-0.39, 0.29) is 11.9 Å². The number of hydrogen-bond donors (Lipinski definition) is 1. The minimum Gasteiger partial charge on any atom is -0.464 e. The Kier molecular flexibility index (Phi) is 3.67. The van der Waals surface area contributed by atoms with Crippen molar-refractivity contribution in [3.8, 4) is 0 Å². The van der Waals surface area contributed by atoms with Crippen molar-refractivity contribution in [2.45, 2.75) is 39.2 Å². The third-order valence-corrected chi connectivity index (χ3v) is 3.13. The number of aryl methyl sites for hydroxylation is 1. The third kappa shape index (κ3) is 3.22. The number of furan rings is 1. The van der Waals surface area contributed by atoms with E-state index in [1.54, 1.807) is 0 Å². The molecule has 17 heavy (non-hydrogen) atoms. The van der Waals surface area contributed by atoms with Gasteiger partial charge in [-0.3, -0.25) is 4.79 Å². The Morgan fingerprint density at radius 2 is 2.41 bits per heavy atom. The zero-order valence-corrected chi connectivity index (χ0v) is 10.4. The summed E-state index contributed by atoms with van der Waals surface area (Å²) in [6, 6.07) is 3.77. The van der Waals surface area contributed by atoms with Gasteiger partial charge in [-0.2, -0.15) is 0 Å². The van der Waals surface area contributed by atoms with E-state index in [1.807, 2.05) is 26.0 Å². The molecule has 0 saturated carbocycles. The van der Waals surface area contributed by atoms with Gasteiger partial charge in [0.15, 0.2) is 0 Å². The van der Waals surface area contributed by atoms with E-state index >= 15 is 0 Å². The van der Waals surface area contributed by atoms with Crippen LogP contribution in [0.25, 0.3) is 0 Å². The highest BCUT2D eigenvalue weighted by Gasteiger charge is 2.17. The summed E-state index contributed by atoms with van der Waals surface area (Å²) in [5, 5.41) is 2.97. The standard InChI is InChI=1S/C14H19NO2/c1-10-7-8-13(17-10)11(2)15-14(16)9-12-5-3-4-6-12/h3,5,7-8,11-12H,4,6,9H2,1-2H3,(H,15,16)/t11-,12-/m0/s1. The van der Waals surface area contributed by atoms with E-state index in [1.165, 1.54) is 0 Å². The molecule has 0 saturated heterocycles. The number of allylic oxidation sites excluding steroid dienone is 2. The van der Waals surface area contributed by atoms with Crippen LogP contribution in [0, 0.1) is 12.8 Å². The molecule has 0 unspecified atom stereocenters. The van der Waals surface area contributed by atoms with Gasteiger partial charge in [0, 0.05) is 6.42 Å². The SMILES string of the molecule is Cc1ccc([C@H](C)NC(=O)C[C@H]2C=CCC2)o1. The smallest absolute Gasteiger partial charge is 0.221 e. The number of nitrogens with one attached hydrogen (secondary N) is 1. The predicted octanol–water partition coefficient (Wildman–Crippen LogP) is 3.12. The number of hydrogen-bond acceptors (Lipinski definition) is 2. The van der Waals surface area contributed by atoms with Crippen LogP contribution in [0.15, 0.2) is 28.7 Å². The van der Waals surface area contributed by atoms with Crippen molar-refractivity contribution in [2.24, 2.45) is 5.92 Å². The molecule has 1 N–H and O–H groups in total. The van der Waals surface area contributed by atoms with Crippen molar-refractivity contribution in [2.75, 3.05) is 0 Å². The number of rotatable bonds is 4. The van der Waals surface area contributed by atoms with Crippen LogP contribution in [-0.2, 0) is 4.79 Å². The second kappa shape index (κ2) is 5.21. The molecule has 92 valence electrons. The summed E-state index contributed by atoms with van der Waals surface area (Å²) in [6.07, 6.45) is 7.08.